The van der Waals surface area contributed by atoms with Crippen molar-refractivity contribution in [2.75, 3.05) is 30.5 Å². The SMILES string of the molecule is Cc1c2c(nn1C1CCOCC1)OCC(F)C(C)Nc1nc(ncc1Cl)N2. The van der Waals surface area contributed by atoms with Crippen molar-refractivity contribution in [1.82, 2.24) is 19.7 Å². The lowest BCUT2D eigenvalue weighted by molar-refractivity contribution is 0.0651. The molecule has 1 saturated heterocycles. The topological polar surface area (TPSA) is 86.1 Å². The predicted molar refractivity (Wildman–Crippen MR) is 99.9 cm³/mol. The molecule has 2 aliphatic rings. The Morgan fingerprint density at radius 3 is 2.89 bits per heavy atom. The first-order valence-corrected chi connectivity index (χ1v) is 9.40. The molecule has 2 N–H and O–H groups in total. The molecule has 0 aliphatic carbocycles. The van der Waals surface area contributed by atoms with Crippen LogP contribution >= 0.6 is 11.6 Å². The van der Waals surface area contributed by atoms with Gasteiger partial charge in [0, 0.05) is 13.2 Å². The molecule has 2 atom stereocenters. The third-order valence-corrected chi connectivity index (χ3v) is 5.20. The summed E-state index contributed by atoms with van der Waals surface area (Å²) in [5.74, 6) is 1.06. The fourth-order valence-corrected chi connectivity index (χ4v) is 3.42. The first kappa shape index (κ1) is 18.2. The summed E-state index contributed by atoms with van der Waals surface area (Å²) < 4.78 is 27.7. The van der Waals surface area contributed by atoms with Crippen LogP contribution in [0.5, 0.6) is 5.88 Å². The lowest BCUT2D eigenvalue weighted by Crippen LogP contribution is -2.32. The summed E-state index contributed by atoms with van der Waals surface area (Å²) in [6, 6.07) is -0.321. The van der Waals surface area contributed by atoms with Crippen LogP contribution in [0.2, 0.25) is 5.02 Å². The molecular formula is C17H22ClFN6O2. The number of halogens is 2. The molecule has 2 aromatic heterocycles. The first-order valence-electron chi connectivity index (χ1n) is 9.02. The number of fused-ring (bicyclic) bond motifs is 3. The van der Waals surface area contributed by atoms with E-state index in [0.717, 1.165) is 18.5 Å². The van der Waals surface area contributed by atoms with Gasteiger partial charge in [0.25, 0.3) is 5.88 Å². The Hall–Kier alpha value is -2.13. The van der Waals surface area contributed by atoms with Crippen LogP contribution in [-0.4, -0.2) is 51.8 Å². The number of nitrogens with one attached hydrogen (secondary N) is 2. The average Bonchev–Trinajstić information content (AvgIpc) is 2.97. The second-order valence-electron chi connectivity index (χ2n) is 6.83. The van der Waals surface area contributed by atoms with Gasteiger partial charge in [-0.05, 0) is 26.7 Å². The summed E-state index contributed by atoms with van der Waals surface area (Å²) in [6.07, 6.45) is 1.96. The third kappa shape index (κ3) is 3.66. The molecule has 146 valence electrons. The van der Waals surface area contributed by atoms with Crippen molar-refractivity contribution < 1.29 is 13.9 Å². The van der Waals surface area contributed by atoms with Gasteiger partial charge in [-0.15, -0.1) is 5.10 Å². The third-order valence-electron chi connectivity index (χ3n) is 4.92. The fourth-order valence-electron chi connectivity index (χ4n) is 3.27. The molecule has 10 heteroatoms. The number of hydrogen-bond acceptors (Lipinski definition) is 7. The average molecular weight is 397 g/mol. The van der Waals surface area contributed by atoms with Crippen molar-refractivity contribution in [3.63, 3.8) is 0 Å². The maximum Gasteiger partial charge on any atom is 0.257 e. The van der Waals surface area contributed by atoms with Crippen molar-refractivity contribution >= 4 is 29.1 Å². The number of aromatic nitrogens is 4. The van der Waals surface area contributed by atoms with E-state index in [-0.39, 0.29) is 12.6 Å². The van der Waals surface area contributed by atoms with Crippen LogP contribution in [0.4, 0.5) is 21.8 Å². The summed E-state index contributed by atoms with van der Waals surface area (Å²) in [4.78, 5) is 8.60. The molecule has 2 bridgehead atoms. The predicted octanol–water partition coefficient (Wildman–Crippen LogP) is 3.26. The summed E-state index contributed by atoms with van der Waals surface area (Å²) in [6.45, 7) is 4.92. The van der Waals surface area contributed by atoms with E-state index < -0.39 is 12.2 Å². The Labute approximate surface area is 161 Å². The Kier molecular flexibility index (Phi) is 5.05. The van der Waals surface area contributed by atoms with E-state index >= 15 is 0 Å². The number of anilines is 3. The number of rotatable bonds is 1. The standard InChI is InChI=1S/C17H22ClFN6O2/c1-9-13(19)8-27-16-14(22-17-20-7-12(18)15(21-9)23-17)10(2)25(24-16)11-3-5-26-6-4-11/h7,9,11,13H,3-6,8H2,1-2H3,(H2,20,21,22,23). The summed E-state index contributed by atoms with van der Waals surface area (Å²) in [7, 11) is 0. The maximum absolute atomic E-state index is 14.6. The van der Waals surface area contributed by atoms with E-state index in [9.17, 15) is 4.39 Å². The van der Waals surface area contributed by atoms with Gasteiger partial charge in [0.1, 0.15) is 17.3 Å². The minimum absolute atomic E-state index is 0.131. The smallest absolute Gasteiger partial charge is 0.257 e. The summed E-state index contributed by atoms with van der Waals surface area (Å²) in [5, 5.41) is 11.1. The highest BCUT2D eigenvalue weighted by Crippen LogP contribution is 2.35. The van der Waals surface area contributed by atoms with Gasteiger partial charge < -0.3 is 20.1 Å². The number of ether oxygens (including phenoxy) is 2. The Morgan fingerprint density at radius 2 is 2.11 bits per heavy atom. The van der Waals surface area contributed by atoms with E-state index in [2.05, 4.69) is 25.7 Å². The highest BCUT2D eigenvalue weighted by atomic mass is 35.5. The molecule has 4 heterocycles. The second-order valence-corrected chi connectivity index (χ2v) is 7.24. The molecule has 0 spiro atoms. The quantitative estimate of drug-likeness (QED) is 0.765. The van der Waals surface area contributed by atoms with E-state index in [1.54, 1.807) is 6.92 Å². The molecule has 4 rings (SSSR count). The van der Waals surface area contributed by atoms with Gasteiger partial charge in [0.15, 0.2) is 12.0 Å². The van der Waals surface area contributed by atoms with Gasteiger partial charge in [-0.25, -0.2) is 9.37 Å². The molecule has 2 unspecified atom stereocenters. The van der Waals surface area contributed by atoms with Crippen molar-refractivity contribution in [2.45, 2.75) is 44.9 Å². The van der Waals surface area contributed by atoms with Crippen LogP contribution in [0.3, 0.4) is 0 Å². The Bertz CT molecular complexity index is 826. The van der Waals surface area contributed by atoms with E-state index in [4.69, 9.17) is 21.1 Å². The van der Waals surface area contributed by atoms with Crippen LogP contribution in [-0.2, 0) is 4.74 Å². The second kappa shape index (κ2) is 7.47. The Balaban J connectivity index is 1.74. The Morgan fingerprint density at radius 1 is 1.33 bits per heavy atom. The zero-order valence-corrected chi connectivity index (χ0v) is 16.0. The zero-order chi connectivity index (χ0) is 19.0. The fraction of sp³-hybridized carbons (Fsp3) is 0.588. The monoisotopic (exact) mass is 396 g/mol. The van der Waals surface area contributed by atoms with Crippen LogP contribution in [0.15, 0.2) is 6.20 Å². The van der Waals surface area contributed by atoms with Gasteiger partial charge in [0.2, 0.25) is 5.95 Å². The molecular weight excluding hydrogens is 375 g/mol. The summed E-state index contributed by atoms with van der Waals surface area (Å²) >= 11 is 6.14. The largest absolute Gasteiger partial charge is 0.472 e. The molecule has 0 radical (unpaired) electrons. The van der Waals surface area contributed by atoms with E-state index in [0.29, 0.717) is 41.6 Å². The molecule has 27 heavy (non-hydrogen) atoms. The number of hydrogen-bond donors (Lipinski definition) is 2. The number of alkyl halides is 1. The lowest BCUT2D eigenvalue weighted by Gasteiger charge is -2.23. The number of nitrogens with zero attached hydrogens (tertiary/aromatic N) is 4. The zero-order valence-electron chi connectivity index (χ0n) is 15.2. The molecule has 0 amide bonds. The van der Waals surface area contributed by atoms with Crippen LogP contribution < -0.4 is 15.4 Å². The molecule has 8 nitrogen and oxygen atoms in total. The van der Waals surface area contributed by atoms with Gasteiger partial charge in [-0.2, -0.15) is 4.98 Å². The minimum atomic E-state index is -1.26. The van der Waals surface area contributed by atoms with E-state index in [1.807, 2.05) is 11.6 Å². The van der Waals surface area contributed by atoms with Gasteiger partial charge >= 0.3 is 0 Å². The van der Waals surface area contributed by atoms with Gasteiger partial charge in [-0.3, -0.25) is 4.68 Å². The minimum Gasteiger partial charge on any atom is -0.472 e. The van der Waals surface area contributed by atoms with Crippen molar-refractivity contribution in [1.29, 1.82) is 0 Å². The van der Waals surface area contributed by atoms with Gasteiger partial charge in [-0.1, -0.05) is 11.6 Å². The lowest BCUT2D eigenvalue weighted by atomic mass is 10.1. The maximum atomic E-state index is 14.6. The van der Waals surface area contributed by atoms with Crippen molar-refractivity contribution in [3.8, 4) is 5.88 Å². The molecule has 1 fully saturated rings. The van der Waals surface area contributed by atoms with Crippen LogP contribution in [0.25, 0.3) is 0 Å². The van der Waals surface area contributed by atoms with Crippen LogP contribution in [0, 0.1) is 6.92 Å². The highest BCUT2D eigenvalue weighted by Gasteiger charge is 2.27. The highest BCUT2D eigenvalue weighted by molar-refractivity contribution is 6.32. The molecule has 2 aliphatic heterocycles. The molecule has 0 saturated carbocycles. The summed E-state index contributed by atoms with van der Waals surface area (Å²) in [5.41, 5.74) is 1.52. The molecule has 2 aromatic rings. The van der Waals surface area contributed by atoms with Crippen molar-refractivity contribution in [3.05, 3.63) is 16.9 Å². The van der Waals surface area contributed by atoms with Crippen molar-refractivity contribution in [2.24, 2.45) is 0 Å². The first-order chi connectivity index (χ1) is 13.0. The normalized spacial score (nSPS) is 23.4. The van der Waals surface area contributed by atoms with E-state index in [1.165, 1.54) is 6.20 Å². The van der Waals surface area contributed by atoms with Gasteiger partial charge in [0.05, 0.1) is 24.0 Å². The van der Waals surface area contributed by atoms with Crippen LogP contribution in [0.1, 0.15) is 31.5 Å². The molecule has 0 aromatic carbocycles.